The van der Waals surface area contributed by atoms with E-state index in [-0.39, 0.29) is 12.0 Å². The Labute approximate surface area is 50.2 Å². The molecule has 0 saturated heterocycles. The molecule has 0 bridgehead atoms. The average Bonchev–Trinajstić information content (AvgIpc) is 1.62. The van der Waals surface area contributed by atoms with Gasteiger partial charge in [-0.25, -0.2) is 0 Å². The van der Waals surface area contributed by atoms with Crippen molar-refractivity contribution in [3.63, 3.8) is 0 Å². The summed E-state index contributed by atoms with van der Waals surface area (Å²) in [5, 5.41) is 17.4. The molecular weight excluding hydrogens is 104 g/mol. The second-order valence-corrected chi connectivity index (χ2v) is 3.06. The van der Waals surface area contributed by atoms with Gasteiger partial charge in [0.25, 0.3) is 0 Å². The van der Waals surface area contributed by atoms with E-state index < -0.39 is 6.10 Å². The lowest BCUT2D eigenvalue weighted by molar-refractivity contribution is 0.0133. The number of aliphatic hydroxyl groups excluding tert-OH is 2. The molecule has 8 heavy (non-hydrogen) atoms. The summed E-state index contributed by atoms with van der Waals surface area (Å²) in [5.74, 6) is 0. The van der Waals surface area contributed by atoms with Gasteiger partial charge in [0.2, 0.25) is 0 Å². The standard InChI is InChI=1S/C6H14O2/c1-6(2,3)5(8)4-7/h5,7-8H,4H2,1-3H3/t5-/m0/s1. The second-order valence-electron chi connectivity index (χ2n) is 3.06. The Bertz CT molecular complexity index is 63.4. The molecule has 0 aliphatic rings. The molecular formula is C6H14O2. The molecule has 0 amide bonds. The van der Waals surface area contributed by atoms with Crippen molar-refractivity contribution in [2.45, 2.75) is 26.9 Å². The maximum absolute atomic E-state index is 8.94. The Morgan fingerprint density at radius 3 is 1.75 bits per heavy atom. The summed E-state index contributed by atoms with van der Waals surface area (Å²) in [6.45, 7) is 5.50. The first-order chi connectivity index (χ1) is 3.48. The molecule has 0 aromatic rings. The second kappa shape index (κ2) is 2.46. The van der Waals surface area contributed by atoms with E-state index in [4.69, 9.17) is 10.2 Å². The summed E-state index contributed by atoms with van der Waals surface area (Å²) >= 11 is 0. The zero-order chi connectivity index (χ0) is 6.78. The first kappa shape index (κ1) is 7.92. The predicted octanol–water partition coefficient (Wildman–Crippen LogP) is 0.386. The van der Waals surface area contributed by atoms with Crippen LogP contribution < -0.4 is 0 Å². The molecule has 0 aliphatic carbocycles. The highest BCUT2D eigenvalue weighted by Gasteiger charge is 2.20. The molecule has 2 N–H and O–H groups in total. The summed E-state index contributed by atoms with van der Waals surface area (Å²) in [7, 11) is 0. The molecule has 0 spiro atoms. The summed E-state index contributed by atoms with van der Waals surface area (Å²) in [6, 6.07) is 0. The summed E-state index contributed by atoms with van der Waals surface area (Å²) in [5.41, 5.74) is -0.186. The van der Waals surface area contributed by atoms with E-state index in [2.05, 4.69) is 0 Å². The van der Waals surface area contributed by atoms with Crippen molar-refractivity contribution in [3.8, 4) is 0 Å². The molecule has 0 fully saturated rings. The van der Waals surface area contributed by atoms with Gasteiger partial charge in [-0.1, -0.05) is 20.8 Å². The van der Waals surface area contributed by atoms with Crippen LogP contribution >= 0.6 is 0 Å². The Morgan fingerprint density at radius 1 is 1.38 bits per heavy atom. The maximum Gasteiger partial charge on any atom is 0.0819 e. The van der Waals surface area contributed by atoms with Crippen molar-refractivity contribution < 1.29 is 10.2 Å². The minimum absolute atomic E-state index is 0.149. The van der Waals surface area contributed by atoms with Gasteiger partial charge in [-0.2, -0.15) is 0 Å². The Hall–Kier alpha value is -0.0800. The molecule has 0 saturated carbocycles. The summed E-state index contributed by atoms with van der Waals surface area (Å²) in [4.78, 5) is 0. The third-order valence-corrected chi connectivity index (χ3v) is 1.17. The topological polar surface area (TPSA) is 40.5 Å². The smallest absolute Gasteiger partial charge is 0.0819 e. The molecule has 2 nitrogen and oxygen atoms in total. The minimum atomic E-state index is -0.595. The Kier molecular flexibility index (Phi) is 2.44. The maximum atomic E-state index is 8.94. The van der Waals surface area contributed by atoms with Crippen LogP contribution in [0.5, 0.6) is 0 Å². The number of hydrogen-bond donors (Lipinski definition) is 2. The first-order valence-electron chi connectivity index (χ1n) is 2.77. The monoisotopic (exact) mass is 118 g/mol. The van der Waals surface area contributed by atoms with Gasteiger partial charge in [0.15, 0.2) is 0 Å². The SMILES string of the molecule is CC(C)(C)[C@@H](O)CO. The lowest BCUT2D eigenvalue weighted by Crippen LogP contribution is -2.29. The number of rotatable bonds is 1. The zero-order valence-electron chi connectivity index (χ0n) is 5.68. The van der Waals surface area contributed by atoms with Crippen LogP contribution in [0.4, 0.5) is 0 Å². The highest BCUT2D eigenvalue weighted by Crippen LogP contribution is 2.17. The van der Waals surface area contributed by atoms with Crippen molar-refractivity contribution in [2.24, 2.45) is 5.41 Å². The van der Waals surface area contributed by atoms with E-state index in [1.807, 2.05) is 20.8 Å². The Balaban J connectivity index is 3.62. The van der Waals surface area contributed by atoms with E-state index in [9.17, 15) is 0 Å². The largest absolute Gasteiger partial charge is 0.394 e. The third kappa shape index (κ3) is 2.28. The fourth-order valence-corrected chi connectivity index (χ4v) is 0.274. The van der Waals surface area contributed by atoms with Gasteiger partial charge < -0.3 is 10.2 Å². The fourth-order valence-electron chi connectivity index (χ4n) is 0.274. The number of aliphatic hydroxyl groups is 2. The summed E-state index contributed by atoms with van der Waals surface area (Å²) < 4.78 is 0. The van der Waals surface area contributed by atoms with E-state index in [1.165, 1.54) is 0 Å². The van der Waals surface area contributed by atoms with Gasteiger partial charge in [0.1, 0.15) is 0 Å². The van der Waals surface area contributed by atoms with Crippen LogP contribution in [0.1, 0.15) is 20.8 Å². The normalized spacial score (nSPS) is 16.1. The van der Waals surface area contributed by atoms with Gasteiger partial charge in [-0.15, -0.1) is 0 Å². The molecule has 0 aromatic heterocycles. The molecule has 0 aliphatic heterocycles. The van der Waals surface area contributed by atoms with Crippen LogP contribution in [-0.4, -0.2) is 22.9 Å². The van der Waals surface area contributed by atoms with E-state index in [0.717, 1.165) is 0 Å². The molecule has 0 radical (unpaired) electrons. The van der Waals surface area contributed by atoms with Crippen LogP contribution in [0.3, 0.4) is 0 Å². The van der Waals surface area contributed by atoms with Gasteiger partial charge in [0.05, 0.1) is 12.7 Å². The van der Waals surface area contributed by atoms with Crippen LogP contribution in [0, 0.1) is 5.41 Å². The molecule has 1 atom stereocenters. The number of hydrogen-bond acceptors (Lipinski definition) is 2. The van der Waals surface area contributed by atoms with Crippen molar-refractivity contribution in [3.05, 3.63) is 0 Å². The van der Waals surface area contributed by atoms with E-state index in [0.29, 0.717) is 0 Å². The van der Waals surface area contributed by atoms with Crippen molar-refractivity contribution in [1.29, 1.82) is 0 Å². The quantitative estimate of drug-likeness (QED) is 0.522. The van der Waals surface area contributed by atoms with Crippen LogP contribution in [0.15, 0.2) is 0 Å². The summed E-state index contributed by atoms with van der Waals surface area (Å²) in [6.07, 6.45) is -0.595. The Morgan fingerprint density at radius 2 is 1.75 bits per heavy atom. The fraction of sp³-hybridized carbons (Fsp3) is 1.00. The molecule has 0 heterocycles. The van der Waals surface area contributed by atoms with Gasteiger partial charge in [-0.3, -0.25) is 0 Å². The van der Waals surface area contributed by atoms with Gasteiger partial charge in [-0.05, 0) is 5.41 Å². The van der Waals surface area contributed by atoms with Gasteiger partial charge >= 0.3 is 0 Å². The molecule has 0 rings (SSSR count). The van der Waals surface area contributed by atoms with Crippen LogP contribution in [0.2, 0.25) is 0 Å². The van der Waals surface area contributed by atoms with Crippen LogP contribution in [0.25, 0.3) is 0 Å². The molecule has 0 unspecified atom stereocenters. The van der Waals surface area contributed by atoms with E-state index >= 15 is 0 Å². The van der Waals surface area contributed by atoms with Gasteiger partial charge in [0, 0.05) is 0 Å². The van der Waals surface area contributed by atoms with Crippen LogP contribution in [-0.2, 0) is 0 Å². The highest BCUT2D eigenvalue weighted by molar-refractivity contribution is 4.70. The molecule has 0 aromatic carbocycles. The molecule has 2 heteroatoms. The lowest BCUT2D eigenvalue weighted by atomic mass is 9.90. The third-order valence-electron chi connectivity index (χ3n) is 1.17. The molecule has 50 valence electrons. The van der Waals surface area contributed by atoms with Crippen molar-refractivity contribution in [2.75, 3.05) is 6.61 Å². The highest BCUT2D eigenvalue weighted by atomic mass is 16.3. The lowest BCUT2D eigenvalue weighted by Gasteiger charge is -2.23. The van der Waals surface area contributed by atoms with Crippen molar-refractivity contribution >= 4 is 0 Å². The zero-order valence-corrected chi connectivity index (χ0v) is 5.68. The minimum Gasteiger partial charge on any atom is -0.394 e. The van der Waals surface area contributed by atoms with E-state index in [1.54, 1.807) is 0 Å². The first-order valence-corrected chi connectivity index (χ1v) is 2.77. The van der Waals surface area contributed by atoms with Crippen molar-refractivity contribution in [1.82, 2.24) is 0 Å². The predicted molar refractivity (Wildman–Crippen MR) is 32.5 cm³/mol. The average molecular weight is 118 g/mol.